The molecular formula is C7H7F4NO3. The van der Waals surface area contributed by atoms with Crippen LogP contribution < -0.4 is 0 Å². The Morgan fingerprint density at radius 3 is 2.27 bits per heavy atom. The molecule has 0 aromatic rings. The van der Waals surface area contributed by atoms with Crippen molar-refractivity contribution in [2.24, 2.45) is 0 Å². The van der Waals surface area contributed by atoms with Gasteiger partial charge in [0.25, 0.3) is 0 Å². The van der Waals surface area contributed by atoms with E-state index in [1.807, 2.05) is 0 Å². The van der Waals surface area contributed by atoms with Gasteiger partial charge in [0.2, 0.25) is 0 Å². The number of alkyl halides is 4. The van der Waals surface area contributed by atoms with E-state index in [1.165, 1.54) is 0 Å². The summed E-state index contributed by atoms with van der Waals surface area (Å²) in [7, 11) is 0. The summed E-state index contributed by atoms with van der Waals surface area (Å²) in [4.78, 5) is 21.2. The SMILES string of the molecule is O=C(O)C1C(F)CCN1C(=O)C(F)(F)F. The number of amides is 1. The molecular weight excluding hydrogens is 222 g/mol. The molecule has 0 spiro atoms. The van der Waals surface area contributed by atoms with Gasteiger partial charge in [0, 0.05) is 6.54 Å². The Hall–Kier alpha value is -1.34. The average Bonchev–Trinajstić information content (AvgIpc) is 2.43. The highest BCUT2D eigenvalue weighted by atomic mass is 19.4. The van der Waals surface area contributed by atoms with Crippen molar-refractivity contribution in [3.8, 4) is 0 Å². The lowest BCUT2D eigenvalue weighted by molar-refractivity contribution is -0.188. The van der Waals surface area contributed by atoms with Gasteiger partial charge in [-0.3, -0.25) is 4.79 Å². The number of hydrogen-bond acceptors (Lipinski definition) is 2. The molecule has 1 aliphatic heterocycles. The minimum Gasteiger partial charge on any atom is -0.480 e. The Morgan fingerprint density at radius 2 is 1.87 bits per heavy atom. The third kappa shape index (κ3) is 2.18. The van der Waals surface area contributed by atoms with Crippen LogP contribution in [0.4, 0.5) is 17.6 Å². The number of likely N-dealkylation sites (tertiary alicyclic amines) is 1. The van der Waals surface area contributed by atoms with Crippen LogP contribution in [-0.2, 0) is 9.59 Å². The molecule has 2 unspecified atom stereocenters. The van der Waals surface area contributed by atoms with Gasteiger partial charge in [-0.25, -0.2) is 9.18 Å². The summed E-state index contributed by atoms with van der Waals surface area (Å²) >= 11 is 0. The van der Waals surface area contributed by atoms with Crippen LogP contribution in [-0.4, -0.2) is 46.8 Å². The van der Waals surface area contributed by atoms with E-state index < -0.39 is 43.2 Å². The Bertz CT molecular complexity index is 290. The maximum Gasteiger partial charge on any atom is 0.471 e. The first-order valence-electron chi connectivity index (χ1n) is 4.00. The largest absolute Gasteiger partial charge is 0.480 e. The number of carboxylic acid groups (broad SMARTS) is 1. The molecule has 8 heteroatoms. The molecule has 1 fully saturated rings. The number of carbonyl (C=O) groups excluding carboxylic acids is 1. The summed E-state index contributed by atoms with van der Waals surface area (Å²) in [5.74, 6) is -4.08. The molecule has 2 atom stereocenters. The lowest BCUT2D eigenvalue weighted by atomic mass is 10.2. The summed E-state index contributed by atoms with van der Waals surface area (Å²) in [5.41, 5.74) is 0. The van der Waals surface area contributed by atoms with Gasteiger partial charge < -0.3 is 10.0 Å². The van der Waals surface area contributed by atoms with Crippen LogP contribution >= 0.6 is 0 Å². The highest BCUT2D eigenvalue weighted by Gasteiger charge is 2.51. The average molecular weight is 229 g/mol. The highest BCUT2D eigenvalue weighted by molar-refractivity contribution is 5.88. The second-order valence-corrected chi connectivity index (χ2v) is 3.08. The smallest absolute Gasteiger partial charge is 0.471 e. The summed E-state index contributed by atoms with van der Waals surface area (Å²) in [5, 5.41) is 8.47. The van der Waals surface area contributed by atoms with Crippen molar-refractivity contribution in [1.29, 1.82) is 0 Å². The van der Waals surface area contributed by atoms with Crippen molar-refractivity contribution < 1.29 is 32.3 Å². The minimum atomic E-state index is -5.17. The van der Waals surface area contributed by atoms with E-state index in [0.29, 0.717) is 0 Å². The highest BCUT2D eigenvalue weighted by Crippen LogP contribution is 2.27. The number of aliphatic carboxylic acids is 1. The molecule has 0 aromatic heterocycles. The van der Waals surface area contributed by atoms with Crippen LogP contribution in [0.2, 0.25) is 0 Å². The minimum absolute atomic E-state index is 0.00694. The molecule has 1 saturated heterocycles. The third-order valence-electron chi connectivity index (χ3n) is 2.08. The quantitative estimate of drug-likeness (QED) is 0.669. The van der Waals surface area contributed by atoms with Gasteiger partial charge in [0.05, 0.1) is 0 Å². The predicted octanol–water partition coefficient (Wildman–Crippen LogP) is 0.572. The standard InChI is InChI=1S/C7H7F4NO3/c8-3-1-2-12(4(3)5(13)14)6(15)7(9,10)11/h3-4H,1-2H2,(H,13,14). The van der Waals surface area contributed by atoms with E-state index in [9.17, 15) is 27.2 Å². The Morgan fingerprint density at radius 1 is 1.33 bits per heavy atom. The van der Waals surface area contributed by atoms with Gasteiger partial charge in [-0.1, -0.05) is 0 Å². The molecule has 0 radical (unpaired) electrons. The second kappa shape index (κ2) is 3.67. The molecule has 1 rings (SSSR count). The molecule has 4 nitrogen and oxygen atoms in total. The Kier molecular flexibility index (Phi) is 2.87. The first-order valence-corrected chi connectivity index (χ1v) is 4.00. The lowest BCUT2D eigenvalue weighted by Gasteiger charge is -2.22. The third-order valence-corrected chi connectivity index (χ3v) is 2.08. The normalized spacial score (nSPS) is 26.8. The van der Waals surface area contributed by atoms with Crippen molar-refractivity contribution in [3.05, 3.63) is 0 Å². The van der Waals surface area contributed by atoms with Gasteiger partial charge in [-0.15, -0.1) is 0 Å². The number of nitrogens with zero attached hydrogens (tertiary/aromatic N) is 1. The molecule has 0 saturated carbocycles. The molecule has 15 heavy (non-hydrogen) atoms. The van der Waals surface area contributed by atoms with Gasteiger partial charge in [0.15, 0.2) is 6.04 Å². The molecule has 86 valence electrons. The predicted molar refractivity (Wildman–Crippen MR) is 38.7 cm³/mol. The summed E-state index contributed by atoms with van der Waals surface area (Å²) in [6, 6.07) is -2.03. The number of hydrogen-bond donors (Lipinski definition) is 1. The molecule has 0 aromatic carbocycles. The zero-order chi connectivity index (χ0) is 11.8. The Labute approximate surface area is 81.5 Å². The van der Waals surface area contributed by atoms with Gasteiger partial charge in [-0.05, 0) is 6.42 Å². The Balaban J connectivity index is 2.87. The first kappa shape index (κ1) is 11.7. The maximum absolute atomic E-state index is 12.9. The zero-order valence-electron chi connectivity index (χ0n) is 7.29. The van der Waals surface area contributed by atoms with E-state index in [4.69, 9.17) is 5.11 Å². The van der Waals surface area contributed by atoms with E-state index in [1.54, 1.807) is 0 Å². The van der Waals surface area contributed by atoms with Gasteiger partial charge in [-0.2, -0.15) is 13.2 Å². The number of halogens is 4. The second-order valence-electron chi connectivity index (χ2n) is 3.08. The van der Waals surface area contributed by atoms with Crippen molar-refractivity contribution in [2.75, 3.05) is 6.54 Å². The number of rotatable bonds is 1. The van der Waals surface area contributed by atoms with Gasteiger partial charge in [0.1, 0.15) is 6.17 Å². The monoisotopic (exact) mass is 229 g/mol. The summed E-state index contributed by atoms with van der Waals surface area (Å²) in [6.07, 6.45) is -7.51. The van der Waals surface area contributed by atoms with E-state index in [2.05, 4.69) is 0 Å². The molecule has 0 aliphatic carbocycles. The van der Waals surface area contributed by atoms with Crippen LogP contribution in [0, 0.1) is 0 Å². The maximum atomic E-state index is 12.9. The van der Waals surface area contributed by atoms with Crippen LogP contribution in [0.15, 0.2) is 0 Å². The van der Waals surface area contributed by atoms with Crippen molar-refractivity contribution in [1.82, 2.24) is 4.90 Å². The van der Waals surface area contributed by atoms with Gasteiger partial charge >= 0.3 is 18.1 Å². The molecule has 1 aliphatic rings. The van der Waals surface area contributed by atoms with E-state index >= 15 is 0 Å². The molecule has 1 heterocycles. The zero-order valence-corrected chi connectivity index (χ0v) is 7.29. The first-order chi connectivity index (χ1) is 6.75. The number of carbonyl (C=O) groups is 2. The van der Waals surface area contributed by atoms with E-state index in [-0.39, 0.29) is 4.90 Å². The van der Waals surface area contributed by atoms with Crippen LogP contribution in [0.1, 0.15) is 6.42 Å². The fourth-order valence-electron chi connectivity index (χ4n) is 1.43. The van der Waals surface area contributed by atoms with Crippen LogP contribution in [0.25, 0.3) is 0 Å². The topological polar surface area (TPSA) is 57.6 Å². The van der Waals surface area contributed by atoms with Crippen LogP contribution in [0.3, 0.4) is 0 Å². The lowest BCUT2D eigenvalue weighted by Crippen LogP contribution is -2.49. The summed E-state index contributed by atoms with van der Waals surface area (Å²) < 4.78 is 48.8. The van der Waals surface area contributed by atoms with Crippen molar-refractivity contribution >= 4 is 11.9 Å². The van der Waals surface area contributed by atoms with Crippen molar-refractivity contribution in [2.45, 2.75) is 24.8 Å². The fraction of sp³-hybridized carbons (Fsp3) is 0.714. The van der Waals surface area contributed by atoms with E-state index in [0.717, 1.165) is 0 Å². The molecule has 0 bridgehead atoms. The fourth-order valence-corrected chi connectivity index (χ4v) is 1.43. The molecule has 1 amide bonds. The number of carboxylic acids is 1. The van der Waals surface area contributed by atoms with Crippen molar-refractivity contribution in [3.63, 3.8) is 0 Å². The summed E-state index contributed by atoms with van der Waals surface area (Å²) in [6.45, 7) is -0.531. The molecule has 1 N–H and O–H groups in total. The van der Waals surface area contributed by atoms with Crippen LogP contribution in [0.5, 0.6) is 0 Å².